The fourth-order valence-corrected chi connectivity index (χ4v) is 4.39. The monoisotopic (exact) mass is 363 g/mol. The van der Waals surface area contributed by atoms with Crippen molar-refractivity contribution in [3.05, 3.63) is 103 Å². The molecule has 0 bridgehead atoms. The molecule has 0 saturated carbocycles. The molecule has 2 aromatic heterocycles. The molecule has 0 aliphatic heterocycles. The number of rotatable bonds is 3. The molecular weight excluding hydrogens is 346 g/mol. The molecule has 0 saturated heterocycles. The van der Waals surface area contributed by atoms with E-state index in [1.165, 1.54) is 32.3 Å². The van der Waals surface area contributed by atoms with Gasteiger partial charge < -0.3 is 0 Å². The van der Waals surface area contributed by atoms with Gasteiger partial charge >= 0.3 is 0 Å². The van der Waals surface area contributed by atoms with Gasteiger partial charge in [0.25, 0.3) is 0 Å². The first kappa shape index (κ1) is 16.0. The molecule has 0 amide bonds. The van der Waals surface area contributed by atoms with E-state index in [0.29, 0.717) is 0 Å². The number of nitrogens with zero attached hydrogens (tertiary/aromatic N) is 1. The Morgan fingerprint density at radius 1 is 0.593 bits per heavy atom. The summed E-state index contributed by atoms with van der Waals surface area (Å²) in [6, 6.07) is 32.0. The molecule has 2 heterocycles. The molecule has 0 aliphatic carbocycles. The van der Waals surface area contributed by atoms with E-state index >= 15 is 0 Å². The minimum absolute atomic E-state index is 1.00. The Morgan fingerprint density at radius 2 is 1.41 bits per heavy atom. The Balaban J connectivity index is 1.63. The van der Waals surface area contributed by atoms with Gasteiger partial charge in [-0.05, 0) is 52.4 Å². The van der Waals surface area contributed by atoms with Crippen LogP contribution < -0.4 is 0 Å². The van der Waals surface area contributed by atoms with Crippen LogP contribution in [0.3, 0.4) is 0 Å². The van der Waals surface area contributed by atoms with Crippen molar-refractivity contribution >= 4 is 21.4 Å². The summed E-state index contributed by atoms with van der Waals surface area (Å²) in [5, 5.41) is 3.57. The summed E-state index contributed by atoms with van der Waals surface area (Å²) in [6.45, 7) is 0. The highest BCUT2D eigenvalue weighted by Gasteiger charge is 2.09. The zero-order valence-corrected chi connectivity index (χ0v) is 15.5. The van der Waals surface area contributed by atoms with Crippen LogP contribution >= 0.6 is 11.3 Å². The Labute approximate surface area is 162 Å². The Morgan fingerprint density at radius 3 is 2.26 bits per heavy atom. The fourth-order valence-electron chi connectivity index (χ4n) is 3.44. The maximum Gasteiger partial charge on any atom is 0.0702 e. The Kier molecular flexibility index (Phi) is 4.04. The summed E-state index contributed by atoms with van der Waals surface area (Å²) < 4.78 is 1.31. The molecule has 0 unspecified atom stereocenters. The quantitative estimate of drug-likeness (QED) is 0.328. The van der Waals surface area contributed by atoms with Crippen LogP contribution in [-0.4, -0.2) is 4.98 Å². The van der Waals surface area contributed by atoms with E-state index in [2.05, 4.69) is 89.2 Å². The smallest absolute Gasteiger partial charge is 0.0702 e. The summed E-state index contributed by atoms with van der Waals surface area (Å²) in [4.78, 5) is 4.49. The number of hydrogen-bond acceptors (Lipinski definition) is 2. The lowest BCUT2D eigenvalue weighted by Crippen LogP contribution is -1.83. The lowest BCUT2D eigenvalue weighted by molar-refractivity contribution is 1.33. The highest BCUT2D eigenvalue weighted by molar-refractivity contribution is 7.17. The normalized spacial score (nSPS) is 11.0. The van der Waals surface area contributed by atoms with Crippen molar-refractivity contribution in [3.8, 4) is 33.5 Å². The van der Waals surface area contributed by atoms with E-state index in [-0.39, 0.29) is 0 Å². The van der Waals surface area contributed by atoms with Gasteiger partial charge in [-0.15, -0.1) is 11.3 Å². The minimum Gasteiger partial charge on any atom is -0.256 e. The maximum absolute atomic E-state index is 4.49. The number of hydrogen-bond donors (Lipinski definition) is 0. The van der Waals surface area contributed by atoms with E-state index in [1.54, 1.807) is 11.3 Å². The molecule has 2 heteroatoms. The van der Waals surface area contributed by atoms with Gasteiger partial charge in [-0.1, -0.05) is 60.7 Å². The van der Waals surface area contributed by atoms with E-state index in [1.807, 2.05) is 18.3 Å². The SMILES string of the molecule is c1ccc(-c2ccc3scc(-c4cccc(-c5ccccn5)c4)c3c2)cc1. The number of pyridine rings is 1. The van der Waals surface area contributed by atoms with E-state index in [0.717, 1.165) is 11.3 Å². The molecule has 0 aliphatic rings. The molecule has 0 spiro atoms. The summed E-state index contributed by atoms with van der Waals surface area (Å²) in [7, 11) is 0. The van der Waals surface area contributed by atoms with Gasteiger partial charge in [-0.3, -0.25) is 4.98 Å². The molecule has 27 heavy (non-hydrogen) atoms. The van der Waals surface area contributed by atoms with Crippen LogP contribution in [-0.2, 0) is 0 Å². The van der Waals surface area contributed by atoms with Gasteiger partial charge in [0.1, 0.15) is 0 Å². The predicted octanol–water partition coefficient (Wildman–Crippen LogP) is 7.30. The third kappa shape index (κ3) is 3.05. The number of aromatic nitrogens is 1. The van der Waals surface area contributed by atoms with Crippen LogP contribution in [0.2, 0.25) is 0 Å². The molecule has 5 rings (SSSR count). The molecular formula is C25H17NS. The topological polar surface area (TPSA) is 12.9 Å². The summed E-state index contributed by atoms with van der Waals surface area (Å²) in [6.07, 6.45) is 1.84. The van der Waals surface area contributed by atoms with Crippen molar-refractivity contribution in [3.63, 3.8) is 0 Å². The van der Waals surface area contributed by atoms with Crippen LogP contribution in [0.4, 0.5) is 0 Å². The molecule has 0 fully saturated rings. The first-order valence-corrected chi connectivity index (χ1v) is 9.85. The molecule has 5 aromatic rings. The van der Waals surface area contributed by atoms with E-state index in [9.17, 15) is 0 Å². The summed E-state index contributed by atoms with van der Waals surface area (Å²) in [5.74, 6) is 0. The van der Waals surface area contributed by atoms with E-state index in [4.69, 9.17) is 0 Å². The van der Waals surface area contributed by atoms with Crippen LogP contribution in [0, 0.1) is 0 Å². The third-order valence-corrected chi connectivity index (χ3v) is 5.78. The van der Waals surface area contributed by atoms with Gasteiger partial charge in [-0.25, -0.2) is 0 Å². The molecule has 0 atom stereocenters. The molecule has 128 valence electrons. The van der Waals surface area contributed by atoms with Gasteiger partial charge in [0.15, 0.2) is 0 Å². The zero-order valence-electron chi connectivity index (χ0n) is 14.7. The standard InChI is InChI=1S/C25H17NS/c1-2-7-18(8-3-1)19-12-13-25-22(16-19)23(17-27-25)20-9-6-10-21(15-20)24-11-4-5-14-26-24/h1-17H. The lowest BCUT2D eigenvalue weighted by atomic mass is 9.98. The lowest BCUT2D eigenvalue weighted by Gasteiger charge is -2.06. The molecule has 3 aromatic carbocycles. The van der Waals surface area contributed by atoms with Crippen molar-refractivity contribution in [2.24, 2.45) is 0 Å². The highest BCUT2D eigenvalue weighted by atomic mass is 32.1. The first-order valence-electron chi connectivity index (χ1n) is 8.97. The van der Waals surface area contributed by atoms with Crippen molar-refractivity contribution in [2.75, 3.05) is 0 Å². The molecule has 0 radical (unpaired) electrons. The van der Waals surface area contributed by atoms with Crippen molar-refractivity contribution in [1.29, 1.82) is 0 Å². The van der Waals surface area contributed by atoms with Crippen LogP contribution in [0.25, 0.3) is 43.6 Å². The molecule has 1 nitrogen and oxygen atoms in total. The van der Waals surface area contributed by atoms with Crippen LogP contribution in [0.5, 0.6) is 0 Å². The van der Waals surface area contributed by atoms with Crippen molar-refractivity contribution in [1.82, 2.24) is 4.98 Å². The van der Waals surface area contributed by atoms with E-state index < -0.39 is 0 Å². The molecule has 0 N–H and O–H groups in total. The van der Waals surface area contributed by atoms with Crippen molar-refractivity contribution < 1.29 is 0 Å². The fraction of sp³-hybridized carbons (Fsp3) is 0. The number of benzene rings is 3. The first-order chi connectivity index (χ1) is 13.4. The summed E-state index contributed by atoms with van der Waals surface area (Å²) >= 11 is 1.80. The van der Waals surface area contributed by atoms with Crippen LogP contribution in [0.1, 0.15) is 0 Å². The van der Waals surface area contributed by atoms with Gasteiger partial charge in [-0.2, -0.15) is 0 Å². The highest BCUT2D eigenvalue weighted by Crippen LogP contribution is 2.37. The second kappa shape index (κ2) is 6.82. The second-order valence-corrected chi connectivity index (χ2v) is 7.43. The average molecular weight is 363 g/mol. The number of fused-ring (bicyclic) bond motifs is 1. The predicted molar refractivity (Wildman–Crippen MR) is 116 cm³/mol. The van der Waals surface area contributed by atoms with Gasteiger partial charge in [0, 0.05) is 27.4 Å². The maximum atomic E-state index is 4.49. The Bertz CT molecular complexity index is 1210. The van der Waals surface area contributed by atoms with Gasteiger partial charge in [0.05, 0.1) is 5.69 Å². The number of thiophene rings is 1. The summed E-state index contributed by atoms with van der Waals surface area (Å²) in [5.41, 5.74) is 7.16. The van der Waals surface area contributed by atoms with Crippen molar-refractivity contribution in [2.45, 2.75) is 0 Å². The van der Waals surface area contributed by atoms with Gasteiger partial charge in [0.2, 0.25) is 0 Å². The zero-order chi connectivity index (χ0) is 18.1. The average Bonchev–Trinajstić information content (AvgIpc) is 3.18. The third-order valence-electron chi connectivity index (χ3n) is 4.81. The minimum atomic E-state index is 1.00. The second-order valence-electron chi connectivity index (χ2n) is 6.52. The van der Waals surface area contributed by atoms with Crippen LogP contribution in [0.15, 0.2) is 103 Å². The Hall–Kier alpha value is -3.23. The largest absolute Gasteiger partial charge is 0.256 e.